The fourth-order valence-corrected chi connectivity index (χ4v) is 0.942. The molecule has 1 unspecified atom stereocenters. The minimum absolute atomic E-state index is 0.00518. The van der Waals surface area contributed by atoms with Crippen LogP contribution in [-0.4, -0.2) is 25.7 Å². The molecule has 0 saturated carbocycles. The normalized spacial score (nSPS) is 12.5. The fourth-order valence-electron chi connectivity index (χ4n) is 0.942. The molecule has 1 atom stereocenters. The van der Waals surface area contributed by atoms with E-state index in [0.717, 1.165) is 26.0 Å². The number of carbonyl (C=O) groups excluding carboxylic acids is 1. The Morgan fingerprint density at radius 2 is 2.07 bits per heavy atom. The van der Waals surface area contributed by atoms with E-state index in [1.807, 2.05) is 6.92 Å². The molecule has 4 nitrogen and oxygen atoms in total. The van der Waals surface area contributed by atoms with Crippen molar-refractivity contribution in [2.45, 2.75) is 40.0 Å². The Bertz CT molecular complexity index is 163. The third-order valence-corrected chi connectivity index (χ3v) is 2.20. The molecule has 0 heterocycles. The first-order valence-electron chi connectivity index (χ1n) is 5.80. The maximum absolute atomic E-state index is 11.2. The van der Waals surface area contributed by atoms with Crippen molar-refractivity contribution < 1.29 is 9.53 Å². The Hall–Kier alpha value is -0.610. The molecule has 0 fully saturated rings. The number of hydrogen-bond donors (Lipinski definition) is 2. The number of rotatable bonds is 9. The average molecular weight is 216 g/mol. The van der Waals surface area contributed by atoms with E-state index in [9.17, 15) is 4.79 Å². The molecular weight excluding hydrogens is 192 g/mol. The molecular formula is C11H24N2O2. The van der Waals surface area contributed by atoms with Gasteiger partial charge in [-0.05, 0) is 12.3 Å². The quantitative estimate of drug-likeness (QED) is 0.453. The number of amides is 1. The van der Waals surface area contributed by atoms with Crippen molar-refractivity contribution in [1.82, 2.24) is 10.9 Å². The SMILES string of the molecule is CCCOCCC(=O)NNCC(C)CC. The van der Waals surface area contributed by atoms with Crippen molar-refractivity contribution in [2.75, 3.05) is 19.8 Å². The van der Waals surface area contributed by atoms with Gasteiger partial charge in [-0.15, -0.1) is 0 Å². The standard InChI is InChI=1S/C11H24N2O2/c1-4-7-15-8-6-11(14)13-12-9-10(3)5-2/h10,12H,4-9H2,1-3H3,(H,13,14). The first kappa shape index (κ1) is 14.4. The van der Waals surface area contributed by atoms with E-state index >= 15 is 0 Å². The summed E-state index contributed by atoms with van der Waals surface area (Å²) in [6, 6.07) is 0. The zero-order valence-electron chi connectivity index (χ0n) is 10.1. The van der Waals surface area contributed by atoms with Gasteiger partial charge in [-0.2, -0.15) is 0 Å². The van der Waals surface area contributed by atoms with E-state index in [4.69, 9.17) is 4.74 Å². The molecule has 0 aliphatic carbocycles. The summed E-state index contributed by atoms with van der Waals surface area (Å²) >= 11 is 0. The van der Waals surface area contributed by atoms with Gasteiger partial charge in [0.1, 0.15) is 0 Å². The van der Waals surface area contributed by atoms with Gasteiger partial charge in [0.2, 0.25) is 5.91 Å². The zero-order valence-corrected chi connectivity index (χ0v) is 10.1. The fraction of sp³-hybridized carbons (Fsp3) is 0.909. The molecule has 2 N–H and O–H groups in total. The lowest BCUT2D eigenvalue weighted by atomic mass is 10.1. The molecule has 0 aromatic heterocycles. The van der Waals surface area contributed by atoms with Crippen LogP contribution in [0.15, 0.2) is 0 Å². The summed E-state index contributed by atoms with van der Waals surface area (Å²) in [5.41, 5.74) is 5.58. The second-order valence-corrected chi connectivity index (χ2v) is 3.80. The predicted octanol–water partition coefficient (Wildman–Crippen LogP) is 1.47. The lowest BCUT2D eigenvalue weighted by Crippen LogP contribution is -2.40. The number of nitrogens with one attached hydrogen (secondary N) is 2. The van der Waals surface area contributed by atoms with Gasteiger partial charge in [0, 0.05) is 13.2 Å². The molecule has 0 bridgehead atoms. The summed E-state index contributed by atoms with van der Waals surface area (Å²) in [7, 11) is 0. The zero-order chi connectivity index (χ0) is 11.5. The van der Waals surface area contributed by atoms with Gasteiger partial charge < -0.3 is 4.74 Å². The van der Waals surface area contributed by atoms with Crippen molar-refractivity contribution in [3.05, 3.63) is 0 Å². The third kappa shape index (κ3) is 9.69. The predicted molar refractivity (Wildman–Crippen MR) is 61.3 cm³/mol. The molecule has 0 spiro atoms. The highest BCUT2D eigenvalue weighted by Crippen LogP contribution is 1.96. The summed E-state index contributed by atoms with van der Waals surface area (Å²) < 4.78 is 5.21. The van der Waals surface area contributed by atoms with Gasteiger partial charge in [0.15, 0.2) is 0 Å². The van der Waals surface area contributed by atoms with Crippen LogP contribution in [0.25, 0.3) is 0 Å². The summed E-state index contributed by atoms with van der Waals surface area (Å²) in [6.45, 7) is 8.38. The molecule has 0 aliphatic rings. The molecule has 0 radical (unpaired) electrons. The van der Waals surface area contributed by atoms with Crippen LogP contribution >= 0.6 is 0 Å². The van der Waals surface area contributed by atoms with Crippen LogP contribution in [-0.2, 0) is 9.53 Å². The van der Waals surface area contributed by atoms with E-state index in [2.05, 4.69) is 24.7 Å². The Kier molecular flexibility index (Phi) is 9.52. The van der Waals surface area contributed by atoms with Crippen molar-refractivity contribution in [1.29, 1.82) is 0 Å². The molecule has 0 aliphatic heterocycles. The Labute approximate surface area is 92.7 Å². The van der Waals surface area contributed by atoms with E-state index in [-0.39, 0.29) is 5.91 Å². The second-order valence-electron chi connectivity index (χ2n) is 3.80. The highest BCUT2D eigenvalue weighted by molar-refractivity contribution is 5.75. The van der Waals surface area contributed by atoms with Crippen LogP contribution < -0.4 is 10.9 Å². The first-order valence-corrected chi connectivity index (χ1v) is 5.80. The van der Waals surface area contributed by atoms with Crippen LogP contribution in [0, 0.1) is 5.92 Å². The number of hydrazine groups is 1. The average Bonchev–Trinajstić information content (AvgIpc) is 2.24. The molecule has 0 rings (SSSR count). The molecule has 1 amide bonds. The highest BCUT2D eigenvalue weighted by Gasteiger charge is 2.01. The van der Waals surface area contributed by atoms with Crippen molar-refractivity contribution >= 4 is 5.91 Å². The molecule has 4 heteroatoms. The number of carbonyl (C=O) groups is 1. The van der Waals surface area contributed by atoms with Gasteiger partial charge in [0.05, 0.1) is 13.0 Å². The summed E-state index contributed by atoms with van der Waals surface area (Å²) in [5.74, 6) is 0.580. The largest absolute Gasteiger partial charge is 0.381 e. The lowest BCUT2D eigenvalue weighted by molar-refractivity contribution is -0.123. The minimum atomic E-state index is -0.00518. The van der Waals surface area contributed by atoms with Crippen LogP contribution in [0.2, 0.25) is 0 Å². The van der Waals surface area contributed by atoms with E-state index in [1.54, 1.807) is 0 Å². The topological polar surface area (TPSA) is 50.4 Å². The third-order valence-electron chi connectivity index (χ3n) is 2.20. The molecule has 15 heavy (non-hydrogen) atoms. The van der Waals surface area contributed by atoms with Crippen LogP contribution in [0.1, 0.15) is 40.0 Å². The summed E-state index contributed by atoms with van der Waals surface area (Å²) in [6.07, 6.45) is 2.53. The van der Waals surface area contributed by atoms with Crippen LogP contribution in [0.3, 0.4) is 0 Å². The smallest absolute Gasteiger partial charge is 0.236 e. The Morgan fingerprint density at radius 1 is 1.33 bits per heavy atom. The molecule has 0 aromatic rings. The Balaban J connectivity index is 3.26. The van der Waals surface area contributed by atoms with Crippen molar-refractivity contribution in [3.8, 4) is 0 Å². The van der Waals surface area contributed by atoms with Gasteiger partial charge in [-0.1, -0.05) is 27.2 Å². The maximum Gasteiger partial charge on any atom is 0.236 e. The van der Waals surface area contributed by atoms with E-state index < -0.39 is 0 Å². The summed E-state index contributed by atoms with van der Waals surface area (Å²) in [5, 5.41) is 0. The van der Waals surface area contributed by atoms with E-state index in [1.165, 1.54) is 0 Å². The number of ether oxygens (including phenoxy) is 1. The van der Waals surface area contributed by atoms with Crippen LogP contribution in [0.4, 0.5) is 0 Å². The molecule has 0 saturated heterocycles. The van der Waals surface area contributed by atoms with E-state index in [0.29, 0.717) is 18.9 Å². The summed E-state index contributed by atoms with van der Waals surface area (Å²) in [4.78, 5) is 11.2. The van der Waals surface area contributed by atoms with Gasteiger partial charge in [0.25, 0.3) is 0 Å². The van der Waals surface area contributed by atoms with Gasteiger partial charge >= 0.3 is 0 Å². The van der Waals surface area contributed by atoms with Gasteiger partial charge in [-0.3, -0.25) is 10.2 Å². The van der Waals surface area contributed by atoms with Crippen molar-refractivity contribution in [3.63, 3.8) is 0 Å². The highest BCUT2D eigenvalue weighted by atomic mass is 16.5. The molecule has 90 valence electrons. The first-order chi connectivity index (χ1) is 7.20. The van der Waals surface area contributed by atoms with Crippen molar-refractivity contribution in [2.24, 2.45) is 5.92 Å². The maximum atomic E-state index is 11.2. The lowest BCUT2D eigenvalue weighted by Gasteiger charge is -2.11. The molecule has 0 aromatic carbocycles. The van der Waals surface area contributed by atoms with Gasteiger partial charge in [-0.25, -0.2) is 5.43 Å². The second kappa shape index (κ2) is 9.93. The minimum Gasteiger partial charge on any atom is -0.381 e. The van der Waals surface area contributed by atoms with Crippen LogP contribution in [0.5, 0.6) is 0 Å². The Morgan fingerprint density at radius 3 is 2.67 bits per heavy atom. The number of hydrogen-bond acceptors (Lipinski definition) is 3. The monoisotopic (exact) mass is 216 g/mol.